The van der Waals surface area contributed by atoms with Crippen LogP contribution in [0.3, 0.4) is 0 Å². The van der Waals surface area contributed by atoms with Gasteiger partial charge in [-0.25, -0.2) is 0 Å². The third-order valence-corrected chi connectivity index (χ3v) is 4.60. The van der Waals surface area contributed by atoms with Crippen molar-refractivity contribution in [2.45, 2.75) is 40.2 Å². The van der Waals surface area contributed by atoms with Gasteiger partial charge in [-0.2, -0.15) is 0 Å². The molecule has 0 radical (unpaired) electrons. The number of hydrogen-bond donors (Lipinski definition) is 1. The summed E-state index contributed by atoms with van der Waals surface area (Å²) in [5.41, 5.74) is 6.95. The quantitative estimate of drug-likeness (QED) is 0.778. The molecule has 0 spiro atoms. The fourth-order valence-corrected chi connectivity index (χ4v) is 3.42. The van der Waals surface area contributed by atoms with Gasteiger partial charge in [0.05, 0.1) is 0 Å². The zero-order valence-corrected chi connectivity index (χ0v) is 14.9. The van der Waals surface area contributed by atoms with Gasteiger partial charge in [0.15, 0.2) is 0 Å². The Morgan fingerprint density at radius 1 is 1.00 bits per heavy atom. The molecule has 1 atom stereocenters. The van der Waals surface area contributed by atoms with E-state index in [4.69, 9.17) is 0 Å². The zero-order valence-electron chi connectivity index (χ0n) is 13.3. The van der Waals surface area contributed by atoms with Gasteiger partial charge >= 0.3 is 0 Å². The maximum absolute atomic E-state index is 3.65. The highest BCUT2D eigenvalue weighted by Crippen LogP contribution is 2.27. The van der Waals surface area contributed by atoms with Gasteiger partial charge in [0, 0.05) is 10.5 Å². The van der Waals surface area contributed by atoms with Gasteiger partial charge in [0.25, 0.3) is 0 Å². The summed E-state index contributed by atoms with van der Waals surface area (Å²) in [6.45, 7) is 9.76. The average Bonchev–Trinajstić information content (AvgIpc) is 2.42. The Bertz CT molecular complexity index is 599. The second-order valence-electron chi connectivity index (χ2n) is 5.69. The predicted molar refractivity (Wildman–Crippen MR) is 94.9 cm³/mol. The number of hydrogen-bond acceptors (Lipinski definition) is 1. The van der Waals surface area contributed by atoms with Gasteiger partial charge in [-0.3, -0.25) is 0 Å². The van der Waals surface area contributed by atoms with Crippen LogP contribution in [0.25, 0.3) is 0 Å². The van der Waals surface area contributed by atoms with E-state index in [9.17, 15) is 0 Å². The van der Waals surface area contributed by atoms with Crippen molar-refractivity contribution < 1.29 is 0 Å². The van der Waals surface area contributed by atoms with Crippen LogP contribution in [0.1, 0.15) is 40.8 Å². The summed E-state index contributed by atoms with van der Waals surface area (Å²) < 4.78 is 1.14. The molecule has 2 rings (SSSR count). The van der Waals surface area contributed by atoms with Crippen LogP contribution >= 0.6 is 15.9 Å². The Hall–Kier alpha value is -1.12. The van der Waals surface area contributed by atoms with Crippen molar-refractivity contribution in [1.29, 1.82) is 0 Å². The standard InChI is InChI=1S/C19H24BrN/c1-5-21-19(17-10-9-16(20)11-15(17)4)12-18-13(2)7-6-8-14(18)3/h6-11,19,21H,5,12H2,1-4H3. The first-order valence-electron chi connectivity index (χ1n) is 7.57. The largest absolute Gasteiger partial charge is 0.310 e. The number of rotatable bonds is 5. The molecule has 112 valence electrons. The lowest BCUT2D eigenvalue weighted by Gasteiger charge is -2.23. The number of halogens is 1. The van der Waals surface area contributed by atoms with Crippen molar-refractivity contribution in [1.82, 2.24) is 5.32 Å². The van der Waals surface area contributed by atoms with E-state index in [1.807, 2.05) is 0 Å². The fourth-order valence-electron chi connectivity index (χ4n) is 2.94. The van der Waals surface area contributed by atoms with E-state index in [0.29, 0.717) is 6.04 Å². The van der Waals surface area contributed by atoms with E-state index < -0.39 is 0 Å². The van der Waals surface area contributed by atoms with Crippen LogP contribution in [0.2, 0.25) is 0 Å². The smallest absolute Gasteiger partial charge is 0.0363 e. The fraction of sp³-hybridized carbons (Fsp3) is 0.368. The summed E-state index contributed by atoms with van der Waals surface area (Å²) in [5.74, 6) is 0. The summed E-state index contributed by atoms with van der Waals surface area (Å²) in [6, 6.07) is 13.5. The predicted octanol–water partition coefficient (Wildman–Crippen LogP) is 5.27. The molecule has 0 bridgehead atoms. The summed E-state index contributed by atoms with van der Waals surface area (Å²) in [6.07, 6.45) is 1.04. The summed E-state index contributed by atoms with van der Waals surface area (Å²) >= 11 is 3.55. The molecule has 2 heteroatoms. The van der Waals surface area contributed by atoms with E-state index in [-0.39, 0.29) is 0 Å². The Balaban J connectivity index is 2.35. The molecule has 0 aliphatic heterocycles. The number of aryl methyl sites for hydroxylation is 3. The average molecular weight is 346 g/mol. The van der Waals surface area contributed by atoms with E-state index in [2.05, 4.69) is 85.3 Å². The van der Waals surface area contributed by atoms with Gasteiger partial charge < -0.3 is 5.32 Å². The van der Waals surface area contributed by atoms with Crippen molar-refractivity contribution in [3.05, 3.63) is 68.7 Å². The Labute approximate surface area is 136 Å². The highest BCUT2D eigenvalue weighted by molar-refractivity contribution is 9.10. The lowest BCUT2D eigenvalue weighted by molar-refractivity contribution is 0.545. The molecule has 0 aliphatic rings. The Morgan fingerprint density at radius 3 is 2.24 bits per heavy atom. The second-order valence-corrected chi connectivity index (χ2v) is 6.60. The number of benzene rings is 2. The lowest BCUT2D eigenvalue weighted by Crippen LogP contribution is -2.24. The minimum Gasteiger partial charge on any atom is -0.310 e. The molecule has 0 aliphatic carbocycles. The highest BCUT2D eigenvalue weighted by Gasteiger charge is 2.15. The number of nitrogens with one attached hydrogen (secondary N) is 1. The Kier molecular flexibility index (Phi) is 5.60. The lowest BCUT2D eigenvalue weighted by atomic mass is 9.91. The van der Waals surface area contributed by atoms with Crippen LogP contribution in [0.15, 0.2) is 40.9 Å². The molecule has 0 amide bonds. The van der Waals surface area contributed by atoms with Gasteiger partial charge in [-0.15, -0.1) is 0 Å². The summed E-state index contributed by atoms with van der Waals surface area (Å²) in [5, 5.41) is 3.65. The van der Waals surface area contributed by atoms with Crippen molar-refractivity contribution in [2.24, 2.45) is 0 Å². The van der Waals surface area contributed by atoms with Crippen molar-refractivity contribution in [2.75, 3.05) is 6.54 Å². The molecule has 2 aromatic carbocycles. The third kappa shape index (κ3) is 3.96. The summed E-state index contributed by atoms with van der Waals surface area (Å²) in [4.78, 5) is 0. The van der Waals surface area contributed by atoms with Crippen molar-refractivity contribution in [3.63, 3.8) is 0 Å². The van der Waals surface area contributed by atoms with Gasteiger partial charge in [0.1, 0.15) is 0 Å². The topological polar surface area (TPSA) is 12.0 Å². The first-order valence-corrected chi connectivity index (χ1v) is 8.36. The molecule has 1 nitrogen and oxygen atoms in total. The Morgan fingerprint density at radius 2 is 1.67 bits per heavy atom. The van der Waals surface area contributed by atoms with E-state index in [1.54, 1.807) is 0 Å². The minimum absolute atomic E-state index is 0.364. The van der Waals surface area contributed by atoms with Gasteiger partial charge in [-0.05, 0) is 73.7 Å². The summed E-state index contributed by atoms with van der Waals surface area (Å²) in [7, 11) is 0. The van der Waals surface area contributed by atoms with Crippen LogP contribution in [-0.4, -0.2) is 6.54 Å². The molecule has 1 N–H and O–H groups in total. The van der Waals surface area contributed by atoms with Crippen molar-refractivity contribution in [3.8, 4) is 0 Å². The molecule has 0 aromatic heterocycles. The van der Waals surface area contributed by atoms with Crippen LogP contribution in [0.4, 0.5) is 0 Å². The molecule has 2 aromatic rings. The minimum atomic E-state index is 0.364. The van der Waals surface area contributed by atoms with Crippen LogP contribution in [0.5, 0.6) is 0 Å². The van der Waals surface area contributed by atoms with Crippen LogP contribution in [0, 0.1) is 20.8 Å². The molecule has 0 fully saturated rings. The molecular weight excluding hydrogens is 322 g/mol. The second kappa shape index (κ2) is 7.24. The molecule has 1 unspecified atom stereocenters. The third-order valence-electron chi connectivity index (χ3n) is 4.11. The van der Waals surface area contributed by atoms with Crippen LogP contribution < -0.4 is 5.32 Å². The normalized spacial score (nSPS) is 12.4. The first-order chi connectivity index (χ1) is 10.0. The van der Waals surface area contributed by atoms with Crippen molar-refractivity contribution >= 4 is 15.9 Å². The number of likely N-dealkylation sites (N-methyl/N-ethyl adjacent to an activating group) is 1. The van der Waals surface area contributed by atoms with E-state index in [0.717, 1.165) is 17.4 Å². The maximum Gasteiger partial charge on any atom is 0.0363 e. The maximum atomic E-state index is 3.65. The van der Waals surface area contributed by atoms with Gasteiger partial charge in [-0.1, -0.05) is 47.1 Å². The highest BCUT2D eigenvalue weighted by atomic mass is 79.9. The van der Waals surface area contributed by atoms with Crippen LogP contribution in [-0.2, 0) is 6.42 Å². The zero-order chi connectivity index (χ0) is 15.4. The first kappa shape index (κ1) is 16.3. The molecular formula is C19H24BrN. The molecule has 0 heterocycles. The van der Waals surface area contributed by atoms with Gasteiger partial charge in [0.2, 0.25) is 0 Å². The molecule has 21 heavy (non-hydrogen) atoms. The SMILES string of the molecule is CCNC(Cc1c(C)cccc1C)c1ccc(Br)cc1C. The van der Waals surface area contributed by atoms with E-state index >= 15 is 0 Å². The molecule has 0 saturated carbocycles. The van der Waals surface area contributed by atoms with E-state index in [1.165, 1.54) is 27.8 Å². The monoisotopic (exact) mass is 345 g/mol. The molecule has 0 saturated heterocycles.